The summed E-state index contributed by atoms with van der Waals surface area (Å²) in [7, 11) is 3.55. The molecule has 2 unspecified atom stereocenters. The second kappa shape index (κ2) is 13.2. The zero-order valence-corrected chi connectivity index (χ0v) is 20.5. The molecule has 6 heteroatoms. The van der Waals surface area contributed by atoms with Gasteiger partial charge in [-0.05, 0) is 69.2 Å². The average molecular weight is 502 g/mol. The van der Waals surface area contributed by atoms with Gasteiger partial charge in [-0.25, -0.2) is 0 Å². The van der Waals surface area contributed by atoms with Crippen LogP contribution in [0.3, 0.4) is 0 Å². The first-order valence-electron chi connectivity index (χ1n) is 10.4. The van der Waals surface area contributed by atoms with Crippen LogP contribution in [0.4, 0.5) is 0 Å². The van der Waals surface area contributed by atoms with E-state index in [-0.39, 0.29) is 24.0 Å². The van der Waals surface area contributed by atoms with Gasteiger partial charge in [-0.1, -0.05) is 19.1 Å². The Kier molecular flexibility index (Phi) is 11.8. The molecule has 1 fully saturated rings. The first kappa shape index (κ1) is 25.0. The van der Waals surface area contributed by atoms with Gasteiger partial charge in [0.05, 0.1) is 7.11 Å². The van der Waals surface area contributed by atoms with Crippen LogP contribution in [-0.2, 0) is 0 Å². The SMILES string of the molecule is CN=C(NCCC(C)c1ccc(OC)cc1)NCC1CCCN(C(C)C)C1.I. The molecule has 0 bridgehead atoms. The van der Waals surface area contributed by atoms with Crippen molar-refractivity contribution >= 4 is 29.9 Å². The number of methoxy groups -OCH3 is 1. The fraction of sp³-hybridized carbons (Fsp3) is 0.682. The number of hydrogen-bond acceptors (Lipinski definition) is 3. The highest BCUT2D eigenvalue weighted by Gasteiger charge is 2.21. The van der Waals surface area contributed by atoms with E-state index in [1.54, 1.807) is 7.11 Å². The molecule has 0 radical (unpaired) electrons. The summed E-state index contributed by atoms with van der Waals surface area (Å²) in [5.74, 6) is 3.03. The standard InChI is InChI=1S/C22H38N4O.HI/c1-17(2)26-14-6-7-19(16-26)15-25-22(23-4)24-13-12-18(3)20-8-10-21(27-5)11-9-20;/h8-11,17-19H,6-7,12-16H2,1-5H3,(H2,23,24,25);1H. The van der Waals surface area contributed by atoms with Gasteiger partial charge in [-0.15, -0.1) is 24.0 Å². The normalized spacial score (nSPS) is 19.1. The molecule has 0 amide bonds. The molecule has 2 atom stereocenters. The highest BCUT2D eigenvalue weighted by Crippen LogP contribution is 2.21. The van der Waals surface area contributed by atoms with Crippen LogP contribution in [0.1, 0.15) is 51.5 Å². The molecule has 1 heterocycles. The van der Waals surface area contributed by atoms with Crippen molar-refractivity contribution < 1.29 is 4.74 Å². The minimum atomic E-state index is 0. The number of nitrogens with one attached hydrogen (secondary N) is 2. The fourth-order valence-electron chi connectivity index (χ4n) is 3.70. The second-order valence-corrected chi connectivity index (χ2v) is 7.94. The maximum absolute atomic E-state index is 5.23. The van der Waals surface area contributed by atoms with Gasteiger partial charge in [0.2, 0.25) is 0 Å². The monoisotopic (exact) mass is 502 g/mol. The molecule has 1 saturated heterocycles. The van der Waals surface area contributed by atoms with Crippen LogP contribution in [0.5, 0.6) is 5.75 Å². The largest absolute Gasteiger partial charge is 0.497 e. The van der Waals surface area contributed by atoms with Gasteiger partial charge in [0, 0.05) is 32.7 Å². The molecule has 1 aliphatic rings. The lowest BCUT2D eigenvalue weighted by molar-refractivity contribution is 0.141. The fourth-order valence-corrected chi connectivity index (χ4v) is 3.70. The number of ether oxygens (including phenoxy) is 1. The number of likely N-dealkylation sites (tertiary alicyclic amines) is 1. The van der Waals surface area contributed by atoms with Gasteiger partial charge < -0.3 is 20.3 Å². The maximum Gasteiger partial charge on any atom is 0.190 e. The van der Waals surface area contributed by atoms with Crippen molar-refractivity contribution in [2.75, 3.05) is 40.3 Å². The molecular formula is C22H39IN4O. The predicted octanol–water partition coefficient (Wildman–Crippen LogP) is 4.09. The lowest BCUT2D eigenvalue weighted by atomic mass is 9.97. The molecule has 1 aromatic rings. The highest BCUT2D eigenvalue weighted by atomic mass is 127. The number of aliphatic imine (C=N–C) groups is 1. The van der Waals surface area contributed by atoms with Gasteiger partial charge in [0.25, 0.3) is 0 Å². The van der Waals surface area contributed by atoms with Crippen molar-refractivity contribution in [3.05, 3.63) is 29.8 Å². The molecule has 1 aliphatic heterocycles. The number of halogens is 1. The summed E-state index contributed by atoms with van der Waals surface area (Å²) in [4.78, 5) is 6.97. The van der Waals surface area contributed by atoms with Crippen LogP contribution in [0.15, 0.2) is 29.3 Å². The van der Waals surface area contributed by atoms with Gasteiger partial charge in [-0.2, -0.15) is 0 Å². The third-order valence-electron chi connectivity index (χ3n) is 5.62. The van der Waals surface area contributed by atoms with Crippen LogP contribution in [0, 0.1) is 5.92 Å². The van der Waals surface area contributed by atoms with Gasteiger partial charge in [0.15, 0.2) is 5.96 Å². The third-order valence-corrected chi connectivity index (χ3v) is 5.62. The molecule has 28 heavy (non-hydrogen) atoms. The van der Waals surface area contributed by atoms with E-state index in [9.17, 15) is 0 Å². The Morgan fingerprint density at radius 2 is 1.93 bits per heavy atom. The number of nitrogens with zero attached hydrogens (tertiary/aromatic N) is 2. The van der Waals surface area contributed by atoms with Gasteiger partial charge >= 0.3 is 0 Å². The van der Waals surface area contributed by atoms with Crippen LogP contribution in [0.25, 0.3) is 0 Å². The first-order chi connectivity index (χ1) is 13.0. The number of piperidine rings is 1. The van der Waals surface area contributed by atoms with Gasteiger partial charge in [-0.3, -0.25) is 4.99 Å². The first-order valence-corrected chi connectivity index (χ1v) is 10.4. The van der Waals surface area contributed by atoms with E-state index in [0.29, 0.717) is 17.9 Å². The van der Waals surface area contributed by atoms with Crippen molar-refractivity contribution in [3.63, 3.8) is 0 Å². The molecule has 5 nitrogen and oxygen atoms in total. The van der Waals surface area contributed by atoms with Crippen molar-refractivity contribution in [1.29, 1.82) is 0 Å². The van der Waals surface area contributed by atoms with Gasteiger partial charge in [0.1, 0.15) is 5.75 Å². The van der Waals surface area contributed by atoms with E-state index in [4.69, 9.17) is 4.74 Å². The van der Waals surface area contributed by atoms with Crippen LogP contribution < -0.4 is 15.4 Å². The summed E-state index contributed by atoms with van der Waals surface area (Å²) in [6.07, 6.45) is 3.68. The molecule has 0 saturated carbocycles. The molecule has 160 valence electrons. The summed E-state index contributed by atoms with van der Waals surface area (Å²) >= 11 is 0. The Hall–Kier alpha value is -1.02. The number of benzene rings is 1. The van der Waals surface area contributed by atoms with Crippen LogP contribution in [0.2, 0.25) is 0 Å². The second-order valence-electron chi connectivity index (χ2n) is 7.94. The average Bonchev–Trinajstić information content (AvgIpc) is 2.70. The summed E-state index contributed by atoms with van der Waals surface area (Å²) in [5, 5.41) is 6.99. The van der Waals surface area contributed by atoms with E-state index < -0.39 is 0 Å². The molecule has 2 N–H and O–H groups in total. The Morgan fingerprint density at radius 1 is 1.21 bits per heavy atom. The molecular weight excluding hydrogens is 463 g/mol. The van der Waals surface area contributed by atoms with Crippen molar-refractivity contribution in [1.82, 2.24) is 15.5 Å². The molecule has 0 spiro atoms. The van der Waals surface area contributed by atoms with Crippen molar-refractivity contribution in [3.8, 4) is 5.75 Å². The lowest BCUT2D eigenvalue weighted by Gasteiger charge is -2.35. The van der Waals surface area contributed by atoms with Crippen molar-refractivity contribution in [2.24, 2.45) is 10.9 Å². The molecule has 0 aliphatic carbocycles. The van der Waals surface area contributed by atoms with Crippen LogP contribution in [-0.4, -0.2) is 57.2 Å². The Labute approximate surface area is 188 Å². The maximum atomic E-state index is 5.23. The zero-order chi connectivity index (χ0) is 19.6. The Morgan fingerprint density at radius 3 is 2.54 bits per heavy atom. The quantitative estimate of drug-likeness (QED) is 0.320. The number of hydrogen-bond donors (Lipinski definition) is 2. The molecule has 0 aromatic heterocycles. The van der Waals surface area contributed by atoms with Crippen LogP contribution >= 0.6 is 24.0 Å². The van der Waals surface area contributed by atoms with Crippen molar-refractivity contribution in [2.45, 2.75) is 52.0 Å². The van der Waals surface area contributed by atoms with E-state index in [1.807, 2.05) is 19.2 Å². The summed E-state index contributed by atoms with van der Waals surface area (Å²) < 4.78 is 5.23. The molecule has 2 rings (SSSR count). The topological polar surface area (TPSA) is 48.9 Å². The Balaban J connectivity index is 0.00000392. The van der Waals surface area contributed by atoms with E-state index in [1.165, 1.54) is 31.5 Å². The zero-order valence-electron chi connectivity index (χ0n) is 18.2. The minimum Gasteiger partial charge on any atom is -0.497 e. The van der Waals surface area contributed by atoms with E-state index >= 15 is 0 Å². The number of rotatable bonds is 8. The lowest BCUT2D eigenvalue weighted by Crippen LogP contribution is -2.46. The van der Waals surface area contributed by atoms with E-state index in [2.05, 4.69) is 53.4 Å². The summed E-state index contributed by atoms with van der Waals surface area (Å²) in [6.45, 7) is 11.2. The van der Waals surface area contributed by atoms with E-state index in [0.717, 1.165) is 31.2 Å². The molecule has 1 aromatic carbocycles. The number of guanidine groups is 1. The Bertz CT molecular complexity index is 576. The summed E-state index contributed by atoms with van der Waals surface area (Å²) in [5.41, 5.74) is 1.34. The third kappa shape index (κ3) is 8.15. The highest BCUT2D eigenvalue weighted by molar-refractivity contribution is 14.0. The predicted molar refractivity (Wildman–Crippen MR) is 130 cm³/mol. The smallest absolute Gasteiger partial charge is 0.190 e. The summed E-state index contributed by atoms with van der Waals surface area (Å²) in [6, 6.07) is 9.01. The minimum absolute atomic E-state index is 0.